The summed E-state index contributed by atoms with van der Waals surface area (Å²) in [4.78, 5) is 11.4. The van der Waals surface area contributed by atoms with E-state index in [1.807, 2.05) is 37.3 Å². The Hall–Kier alpha value is -2.14. The van der Waals surface area contributed by atoms with Crippen LogP contribution < -0.4 is 0 Å². The fourth-order valence-electron chi connectivity index (χ4n) is 1.71. The van der Waals surface area contributed by atoms with Gasteiger partial charge in [-0.1, -0.05) is 30.3 Å². The molecule has 2 aromatic rings. The third-order valence-corrected chi connectivity index (χ3v) is 2.49. The maximum atomic E-state index is 11.4. The van der Waals surface area contributed by atoms with Crippen LogP contribution in [-0.2, 0) is 0 Å². The first-order valence-electron chi connectivity index (χ1n) is 4.67. The molecule has 0 aliphatic carbocycles. The minimum Gasteiger partial charge on any atom is -0.277 e. The van der Waals surface area contributed by atoms with Crippen molar-refractivity contribution in [1.82, 2.24) is 0 Å². The Morgan fingerprint density at radius 1 is 1.13 bits per heavy atom. The van der Waals surface area contributed by atoms with Gasteiger partial charge in [-0.15, -0.1) is 0 Å². The molecule has 0 unspecified atom stereocenters. The number of rotatable bonds is 1. The standard InChI is InChI=1S/C13H9NO/c1-9-6-7-12(13(15)8-14)11-5-3-2-4-10(9)11/h2-7H,1H3. The van der Waals surface area contributed by atoms with E-state index < -0.39 is 5.78 Å². The number of ketones is 1. The summed E-state index contributed by atoms with van der Waals surface area (Å²) in [5.74, 6) is -0.480. The van der Waals surface area contributed by atoms with Crippen LogP contribution in [0.25, 0.3) is 10.8 Å². The predicted octanol–water partition coefficient (Wildman–Crippen LogP) is 2.85. The van der Waals surface area contributed by atoms with Crippen LogP contribution in [0.15, 0.2) is 36.4 Å². The first-order valence-corrected chi connectivity index (χ1v) is 4.67. The van der Waals surface area contributed by atoms with Crippen LogP contribution in [0.2, 0.25) is 0 Å². The van der Waals surface area contributed by atoms with Gasteiger partial charge in [0.1, 0.15) is 6.07 Å². The van der Waals surface area contributed by atoms with Crippen molar-refractivity contribution in [3.05, 3.63) is 47.5 Å². The second-order valence-electron chi connectivity index (χ2n) is 3.42. The van der Waals surface area contributed by atoms with Crippen molar-refractivity contribution in [2.24, 2.45) is 0 Å². The fraction of sp³-hybridized carbons (Fsp3) is 0.0769. The van der Waals surface area contributed by atoms with Gasteiger partial charge in [-0.25, -0.2) is 0 Å². The molecular formula is C13H9NO. The average Bonchev–Trinajstić information content (AvgIpc) is 2.29. The molecule has 0 saturated carbocycles. The summed E-state index contributed by atoms with van der Waals surface area (Å²) in [5, 5.41) is 10.5. The second-order valence-corrected chi connectivity index (χ2v) is 3.42. The summed E-state index contributed by atoms with van der Waals surface area (Å²) in [6.45, 7) is 1.99. The van der Waals surface area contributed by atoms with E-state index in [4.69, 9.17) is 5.26 Å². The van der Waals surface area contributed by atoms with Crippen LogP contribution in [0.3, 0.4) is 0 Å². The van der Waals surface area contributed by atoms with E-state index in [1.165, 1.54) is 0 Å². The van der Waals surface area contributed by atoms with Gasteiger partial charge in [-0.05, 0) is 29.3 Å². The molecule has 0 atom stereocenters. The van der Waals surface area contributed by atoms with Crippen molar-refractivity contribution >= 4 is 16.6 Å². The smallest absolute Gasteiger partial charge is 0.262 e. The first-order chi connectivity index (χ1) is 7.24. The second kappa shape index (κ2) is 3.55. The monoisotopic (exact) mass is 195 g/mol. The van der Waals surface area contributed by atoms with E-state index in [9.17, 15) is 4.79 Å². The van der Waals surface area contributed by atoms with E-state index in [0.717, 1.165) is 16.3 Å². The Bertz CT molecular complexity index is 579. The molecule has 2 heteroatoms. The van der Waals surface area contributed by atoms with Gasteiger partial charge in [0.2, 0.25) is 0 Å². The Balaban J connectivity index is 2.84. The number of hydrogen-bond acceptors (Lipinski definition) is 2. The molecule has 0 aliphatic rings. The summed E-state index contributed by atoms with van der Waals surface area (Å²) >= 11 is 0. The third-order valence-electron chi connectivity index (χ3n) is 2.49. The van der Waals surface area contributed by atoms with Crippen LogP contribution in [0.5, 0.6) is 0 Å². The minimum atomic E-state index is -0.480. The first kappa shape index (κ1) is 9.42. The molecule has 0 aliphatic heterocycles. The maximum Gasteiger partial charge on any atom is 0.262 e. The average molecular weight is 195 g/mol. The largest absolute Gasteiger partial charge is 0.277 e. The number of aryl methyl sites for hydroxylation is 1. The van der Waals surface area contributed by atoms with Crippen LogP contribution in [0.4, 0.5) is 0 Å². The number of Topliss-reactive ketones (excluding diaryl/α,β-unsaturated/α-hetero) is 1. The lowest BCUT2D eigenvalue weighted by molar-refractivity contribution is 0.105. The normalized spacial score (nSPS) is 9.87. The van der Waals surface area contributed by atoms with Gasteiger partial charge in [0.25, 0.3) is 5.78 Å². The Morgan fingerprint density at radius 3 is 2.47 bits per heavy atom. The lowest BCUT2D eigenvalue weighted by atomic mass is 9.98. The highest BCUT2D eigenvalue weighted by atomic mass is 16.1. The Kier molecular flexibility index (Phi) is 2.23. The summed E-state index contributed by atoms with van der Waals surface area (Å²) in [5.41, 5.74) is 1.60. The molecule has 0 heterocycles. The van der Waals surface area contributed by atoms with Gasteiger partial charge in [-0.3, -0.25) is 4.79 Å². The Morgan fingerprint density at radius 2 is 1.80 bits per heavy atom. The van der Waals surface area contributed by atoms with Crippen molar-refractivity contribution in [1.29, 1.82) is 5.26 Å². The van der Waals surface area contributed by atoms with Crippen molar-refractivity contribution in [3.63, 3.8) is 0 Å². The Labute approximate surface area is 87.8 Å². The van der Waals surface area contributed by atoms with Crippen LogP contribution in [0, 0.1) is 18.3 Å². The van der Waals surface area contributed by atoms with E-state index in [1.54, 1.807) is 12.1 Å². The zero-order valence-corrected chi connectivity index (χ0v) is 8.32. The lowest BCUT2D eigenvalue weighted by Gasteiger charge is -2.04. The van der Waals surface area contributed by atoms with Crippen LogP contribution in [0.1, 0.15) is 15.9 Å². The number of fused-ring (bicyclic) bond motifs is 1. The SMILES string of the molecule is Cc1ccc(C(=O)C#N)c2ccccc12. The quantitative estimate of drug-likeness (QED) is 0.518. The molecule has 0 spiro atoms. The maximum absolute atomic E-state index is 11.4. The highest BCUT2D eigenvalue weighted by Gasteiger charge is 2.09. The molecular weight excluding hydrogens is 186 g/mol. The van der Waals surface area contributed by atoms with Gasteiger partial charge in [0.05, 0.1) is 0 Å². The molecule has 0 aromatic heterocycles. The van der Waals surface area contributed by atoms with Gasteiger partial charge < -0.3 is 0 Å². The molecule has 0 amide bonds. The van der Waals surface area contributed by atoms with Crippen molar-refractivity contribution in [3.8, 4) is 6.07 Å². The van der Waals surface area contributed by atoms with Crippen molar-refractivity contribution < 1.29 is 4.79 Å². The molecule has 0 saturated heterocycles. The van der Waals surface area contributed by atoms with Crippen LogP contribution in [-0.4, -0.2) is 5.78 Å². The van der Waals surface area contributed by atoms with E-state index in [2.05, 4.69) is 0 Å². The minimum absolute atomic E-state index is 0.480. The lowest BCUT2D eigenvalue weighted by Crippen LogP contribution is -1.96. The summed E-state index contributed by atoms with van der Waals surface area (Å²) in [7, 11) is 0. The molecule has 0 radical (unpaired) electrons. The highest BCUT2D eigenvalue weighted by molar-refractivity contribution is 6.15. The third kappa shape index (κ3) is 1.49. The van der Waals surface area contributed by atoms with E-state index in [0.29, 0.717) is 5.56 Å². The molecule has 2 aromatic carbocycles. The molecule has 72 valence electrons. The number of carbonyl (C=O) groups is 1. The summed E-state index contributed by atoms with van der Waals surface area (Å²) in [6.07, 6.45) is 0. The number of nitrogens with zero attached hydrogens (tertiary/aromatic N) is 1. The summed E-state index contributed by atoms with van der Waals surface area (Å²) in [6, 6.07) is 12.9. The number of nitriles is 1. The summed E-state index contributed by atoms with van der Waals surface area (Å²) < 4.78 is 0. The fourth-order valence-corrected chi connectivity index (χ4v) is 1.71. The van der Waals surface area contributed by atoms with E-state index >= 15 is 0 Å². The molecule has 15 heavy (non-hydrogen) atoms. The number of benzene rings is 2. The molecule has 0 fully saturated rings. The van der Waals surface area contributed by atoms with Gasteiger partial charge in [0, 0.05) is 5.56 Å². The highest BCUT2D eigenvalue weighted by Crippen LogP contribution is 2.22. The van der Waals surface area contributed by atoms with Crippen molar-refractivity contribution in [2.45, 2.75) is 6.92 Å². The molecule has 2 nitrogen and oxygen atoms in total. The van der Waals surface area contributed by atoms with Crippen molar-refractivity contribution in [2.75, 3.05) is 0 Å². The zero-order valence-electron chi connectivity index (χ0n) is 8.32. The molecule has 0 bridgehead atoms. The predicted molar refractivity (Wildman–Crippen MR) is 58.6 cm³/mol. The number of hydrogen-bond donors (Lipinski definition) is 0. The number of carbonyl (C=O) groups excluding carboxylic acids is 1. The van der Waals surface area contributed by atoms with Gasteiger partial charge >= 0.3 is 0 Å². The van der Waals surface area contributed by atoms with Gasteiger partial charge in [0.15, 0.2) is 0 Å². The molecule has 2 rings (SSSR count). The van der Waals surface area contributed by atoms with Crippen LogP contribution >= 0.6 is 0 Å². The topological polar surface area (TPSA) is 40.9 Å². The van der Waals surface area contributed by atoms with Gasteiger partial charge in [-0.2, -0.15) is 5.26 Å². The molecule has 0 N–H and O–H groups in total. The van der Waals surface area contributed by atoms with E-state index in [-0.39, 0.29) is 0 Å². The zero-order chi connectivity index (χ0) is 10.8.